The number of hydrogen-bond donors (Lipinski definition) is 4. The van der Waals surface area contributed by atoms with Gasteiger partial charge in [0, 0.05) is 29.2 Å². The van der Waals surface area contributed by atoms with Crippen molar-refractivity contribution in [3.63, 3.8) is 0 Å². The number of aromatic nitrogens is 1. The van der Waals surface area contributed by atoms with Crippen LogP contribution in [0.2, 0.25) is 0 Å². The molecule has 5 nitrogen and oxygen atoms in total. The number of rotatable bonds is 9. The van der Waals surface area contributed by atoms with Crippen molar-refractivity contribution in [2.24, 2.45) is 5.92 Å². The van der Waals surface area contributed by atoms with Gasteiger partial charge in [-0.05, 0) is 54.1 Å². The molecule has 3 rings (SSSR count). The molecule has 0 aliphatic heterocycles. The second kappa shape index (κ2) is 10.0. The van der Waals surface area contributed by atoms with E-state index in [1.807, 2.05) is 24.3 Å². The highest BCUT2D eigenvalue weighted by Gasteiger charge is 2.12. The van der Waals surface area contributed by atoms with E-state index in [2.05, 4.69) is 48.4 Å². The molecule has 0 atom stereocenters. The summed E-state index contributed by atoms with van der Waals surface area (Å²) in [6.07, 6.45) is 5.01. The van der Waals surface area contributed by atoms with Crippen molar-refractivity contribution < 1.29 is 10.0 Å². The molecule has 0 saturated carbocycles. The second-order valence-corrected chi connectivity index (χ2v) is 7.70. The largest absolute Gasteiger partial charge is 0.358 e. The molecule has 0 radical (unpaired) electrons. The van der Waals surface area contributed by atoms with E-state index in [4.69, 9.17) is 5.21 Å². The average molecular weight is 392 g/mol. The van der Waals surface area contributed by atoms with Gasteiger partial charge < -0.3 is 10.3 Å². The van der Waals surface area contributed by atoms with Crippen LogP contribution in [0.25, 0.3) is 17.0 Å². The molecule has 1 heterocycles. The third-order valence-electron chi connectivity index (χ3n) is 4.91. The van der Waals surface area contributed by atoms with E-state index < -0.39 is 5.91 Å². The van der Waals surface area contributed by atoms with Crippen LogP contribution < -0.4 is 10.8 Å². The first kappa shape index (κ1) is 20.8. The minimum absolute atomic E-state index is 0.537. The first-order valence-electron chi connectivity index (χ1n) is 10.1. The van der Waals surface area contributed by atoms with Crippen molar-refractivity contribution >= 4 is 22.9 Å². The first-order chi connectivity index (χ1) is 14.1. The van der Waals surface area contributed by atoms with Crippen molar-refractivity contribution in [2.45, 2.75) is 33.2 Å². The molecule has 5 heteroatoms. The molecule has 2 aromatic carbocycles. The maximum absolute atomic E-state index is 11.0. The maximum Gasteiger partial charge on any atom is 0.267 e. The quantitative estimate of drug-likeness (QED) is 0.191. The van der Waals surface area contributed by atoms with Crippen LogP contribution in [-0.4, -0.2) is 22.6 Å². The number of para-hydroxylation sites is 1. The van der Waals surface area contributed by atoms with Crippen molar-refractivity contribution in [3.05, 3.63) is 77.0 Å². The predicted molar refractivity (Wildman–Crippen MR) is 118 cm³/mol. The van der Waals surface area contributed by atoms with Crippen LogP contribution in [0.15, 0.2) is 54.6 Å². The van der Waals surface area contributed by atoms with Gasteiger partial charge in [-0.25, -0.2) is 5.48 Å². The minimum atomic E-state index is -0.537. The summed E-state index contributed by atoms with van der Waals surface area (Å²) in [6.45, 7) is 6.21. The van der Waals surface area contributed by atoms with E-state index in [1.165, 1.54) is 33.8 Å². The summed E-state index contributed by atoms with van der Waals surface area (Å²) >= 11 is 0. The van der Waals surface area contributed by atoms with Gasteiger partial charge in [0.1, 0.15) is 0 Å². The number of hydrogen-bond acceptors (Lipinski definition) is 3. The molecule has 4 N–H and O–H groups in total. The van der Waals surface area contributed by atoms with Gasteiger partial charge in [-0.15, -0.1) is 0 Å². The Morgan fingerprint density at radius 2 is 1.90 bits per heavy atom. The molecular weight excluding hydrogens is 362 g/mol. The Labute approximate surface area is 171 Å². The SMILES string of the molecule is CC(C)Cc1[nH]c2ccccc2c1CCNCc1ccc(/C=C/C(=O)NO)cc1. The van der Waals surface area contributed by atoms with Gasteiger partial charge in [0.25, 0.3) is 5.91 Å². The maximum atomic E-state index is 11.0. The predicted octanol–water partition coefficient (Wildman–Crippen LogP) is 4.22. The molecule has 0 saturated heterocycles. The number of benzene rings is 2. The number of carbonyl (C=O) groups is 1. The zero-order valence-corrected chi connectivity index (χ0v) is 17.0. The normalized spacial score (nSPS) is 11.6. The summed E-state index contributed by atoms with van der Waals surface area (Å²) in [5, 5.41) is 13.4. The molecule has 0 aliphatic carbocycles. The van der Waals surface area contributed by atoms with Crippen LogP contribution >= 0.6 is 0 Å². The molecule has 3 aromatic rings. The Bertz CT molecular complexity index is 971. The topological polar surface area (TPSA) is 77.2 Å². The van der Waals surface area contributed by atoms with E-state index in [0.717, 1.165) is 31.5 Å². The zero-order valence-electron chi connectivity index (χ0n) is 17.0. The summed E-state index contributed by atoms with van der Waals surface area (Å²) in [4.78, 5) is 14.6. The Balaban J connectivity index is 1.57. The number of amides is 1. The van der Waals surface area contributed by atoms with Gasteiger partial charge in [0.2, 0.25) is 0 Å². The zero-order chi connectivity index (χ0) is 20.6. The number of H-pyrrole nitrogens is 1. The van der Waals surface area contributed by atoms with Crippen LogP contribution in [0.5, 0.6) is 0 Å². The van der Waals surface area contributed by atoms with Gasteiger partial charge in [-0.3, -0.25) is 10.0 Å². The lowest BCUT2D eigenvalue weighted by Crippen LogP contribution is -2.17. The second-order valence-electron chi connectivity index (χ2n) is 7.70. The molecule has 0 bridgehead atoms. The van der Waals surface area contributed by atoms with E-state index in [-0.39, 0.29) is 0 Å². The van der Waals surface area contributed by atoms with Gasteiger partial charge in [0.05, 0.1) is 0 Å². The summed E-state index contributed by atoms with van der Waals surface area (Å²) in [5.74, 6) is 0.0793. The number of nitrogens with one attached hydrogen (secondary N) is 3. The summed E-state index contributed by atoms with van der Waals surface area (Å²) in [6, 6.07) is 16.5. The van der Waals surface area contributed by atoms with Crippen molar-refractivity contribution in [1.29, 1.82) is 0 Å². The summed E-state index contributed by atoms with van der Waals surface area (Å²) < 4.78 is 0. The summed E-state index contributed by atoms with van der Waals surface area (Å²) in [5.41, 5.74) is 7.67. The fourth-order valence-corrected chi connectivity index (χ4v) is 3.53. The van der Waals surface area contributed by atoms with Crippen LogP contribution in [0, 0.1) is 5.92 Å². The lowest BCUT2D eigenvalue weighted by molar-refractivity contribution is -0.124. The van der Waals surface area contributed by atoms with Crippen molar-refractivity contribution in [3.8, 4) is 0 Å². The smallest absolute Gasteiger partial charge is 0.267 e. The van der Waals surface area contributed by atoms with Crippen LogP contribution in [0.4, 0.5) is 0 Å². The highest BCUT2D eigenvalue weighted by atomic mass is 16.5. The van der Waals surface area contributed by atoms with Gasteiger partial charge in [-0.2, -0.15) is 0 Å². The molecule has 29 heavy (non-hydrogen) atoms. The Kier molecular flexibility index (Phi) is 7.22. The first-order valence-corrected chi connectivity index (χ1v) is 10.1. The van der Waals surface area contributed by atoms with Crippen LogP contribution in [0.1, 0.15) is 36.2 Å². The van der Waals surface area contributed by atoms with E-state index in [1.54, 1.807) is 11.6 Å². The molecule has 1 amide bonds. The highest BCUT2D eigenvalue weighted by molar-refractivity contribution is 5.90. The number of fused-ring (bicyclic) bond motifs is 1. The van der Waals surface area contributed by atoms with Crippen LogP contribution in [0.3, 0.4) is 0 Å². The van der Waals surface area contributed by atoms with Gasteiger partial charge >= 0.3 is 0 Å². The molecular formula is C24H29N3O2. The third kappa shape index (κ3) is 5.79. The fourth-order valence-electron chi connectivity index (χ4n) is 3.53. The lowest BCUT2D eigenvalue weighted by atomic mass is 10.0. The van der Waals surface area contributed by atoms with Crippen LogP contribution in [-0.2, 0) is 24.2 Å². The Hall–Kier alpha value is -2.89. The third-order valence-corrected chi connectivity index (χ3v) is 4.91. The molecule has 0 aliphatic rings. The number of hydroxylamine groups is 1. The lowest BCUT2D eigenvalue weighted by Gasteiger charge is -2.09. The molecule has 0 spiro atoms. The van der Waals surface area contributed by atoms with Crippen molar-refractivity contribution in [2.75, 3.05) is 6.54 Å². The average Bonchev–Trinajstić information content (AvgIpc) is 3.06. The Morgan fingerprint density at radius 3 is 2.62 bits per heavy atom. The Morgan fingerprint density at radius 1 is 1.14 bits per heavy atom. The van der Waals surface area contributed by atoms with Crippen molar-refractivity contribution in [1.82, 2.24) is 15.8 Å². The number of carbonyl (C=O) groups excluding carboxylic acids is 1. The van der Waals surface area contributed by atoms with Gasteiger partial charge in [0.15, 0.2) is 0 Å². The standard InChI is InChI=1S/C24H29N3O2/c1-17(2)15-23-21(20-5-3-4-6-22(20)26-23)13-14-25-16-19-9-7-18(8-10-19)11-12-24(28)27-29/h3-12,17,25-26,29H,13-16H2,1-2H3,(H,27,28)/b12-11+. The van der Waals surface area contributed by atoms with Gasteiger partial charge in [-0.1, -0.05) is 56.3 Å². The highest BCUT2D eigenvalue weighted by Crippen LogP contribution is 2.24. The minimum Gasteiger partial charge on any atom is -0.358 e. The number of aromatic amines is 1. The molecule has 0 fully saturated rings. The van der Waals surface area contributed by atoms with E-state index in [9.17, 15) is 4.79 Å². The van der Waals surface area contributed by atoms with E-state index >= 15 is 0 Å². The molecule has 152 valence electrons. The summed E-state index contributed by atoms with van der Waals surface area (Å²) in [7, 11) is 0. The molecule has 1 aromatic heterocycles. The fraction of sp³-hybridized carbons (Fsp3) is 0.292. The monoisotopic (exact) mass is 391 g/mol. The molecule has 0 unspecified atom stereocenters. The van der Waals surface area contributed by atoms with E-state index in [0.29, 0.717) is 5.92 Å².